The van der Waals surface area contributed by atoms with Gasteiger partial charge in [-0.2, -0.15) is 5.26 Å². The maximum atomic E-state index is 13.1. The van der Waals surface area contributed by atoms with Gasteiger partial charge in [0.2, 0.25) is 5.27 Å². The highest BCUT2D eigenvalue weighted by Gasteiger charge is 2.27. The zero-order valence-electron chi connectivity index (χ0n) is 18.1. The third kappa shape index (κ3) is 3.74. The van der Waals surface area contributed by atoms with Crippen LogP contribution in [-0.4, -0.2) is 47.4 Å². The number of nitrogen functional groups attached to an aromatic ring is 2. The number of hydrogen-bond acceptors (Lipinski definition) is 11. The number of amides is 1. The quantitative estimate of drug-likeness (QED) is 0.362. The lowest BCUT2D eigenvalue weighted by Gasteiger charge is -2.18. The Morgan fingerprint density at radius 1 is 1.29 bits per heavy atom. The minimum absolute atomic E-state index is 0.0447. The van der Waals surface area contributed by atoms with Crippen LogP contribution in [0.3, 0.4) is 0 Å². The number of aromatic nitrogens is 4. The minimum Gasteiger partial charge on any atom is -0.397 e. The Bertz CT molecular complexity index is 1450. The molecule has 5 rings (SSSR count). The number of nitriles is 1. The minimum atomic E-state index is -0.494. The molecule has 0 aromatic carbocycles. The second kappa shape index (κ2) is 8.58. The molecule has 12 nitrogen and oxygen atoms in total. The fraction of sp³-hybridized carbons (Fsp3) is 0.238. The smallest absolute Gasteiger partial charge is 0.306 e. The molecule has 0 atom stereocenters. The largest absolute Gasteiger partial charge is 0.397 e. The van der Waals surface area contributed by atoms with Crippen LogP contribution in [0.2, 0.25) is 0 Å². The molecule has 0 spiro atoms. The molecule has 1 saturated heterocycles. The van der Waals surface area contributed by atoms with Gasteiger partial charge in [-0.3, -0.25) is 19.6 Å². The van der Waals surface area contributed by atoms with Crippen molar-refractivity contribution in [1.29, 1.82) is 5.26 Å². The lowest BCUT2D eigenvalue weighted by Crippen LogP contribution is -2.62. The molecule has 13 heteroatoms. The number of ether oxygens (including phenoxy) is 1. The lowest BCUT2D eigenvalue weighted by molar-refractivity contribution is -0.759. The van der Waals surface area contributed by atoms with Gasteiger partial charge in [0.25, 0.3) is 12.1 Å². The summed E-state index contributed by atoms with van der Waals surface area (Å²) in [6.45, 7) is 4.31. The predicted octanol–water partition coefficient (Wildman–Crippen LogP) is 1.20. The molecular weight excluding hydrogens is 458 g/mol. The van der Waals surface area contributed by atoms with E-state index >= 15 is 0 Å². The summed E-state index contributed by atoms with van der Waals surface area (Å²) in [6, 6.07) is 7.52. The van der Waals surface area contributed by atoms with E-state index in [9.17, 15) is 10.1 Å². The first-order chi connectivity index (χ1) is 16.5. The van der Waals surface area contributed by atoms with Crippen LogP contribution in [-0.2, 0) is 4.74 Å². The second-order valence-corrected chi connectivity index (χ2v) is 8.55. The van der Waals surface area contributed by atoms with Gasteiger partial charge in [-0.1, -0.05) is 6.07 Å². The van der Waals surface area contributed by atoms with Crippen LogP contribution in [0.4, 0.5) is 17.4 Å². The normalized spacial score (nSPS) is 13.7. The number of aryl methyl sites for hydroxylation is 1. The predicted molar refractivity (Wildman–Crippen MR) is 125 cm³/mol. The molecule has 0 bridgehead atoms. The third-order valence-corrected chi connectivity index (χ3v) is 6.43. The van der Waals surface area contributed by atoms with E-state index in [1.54, 1.807) is 12.3 Å². The first-order valence-corrected chi connectivity index (χ1v) is 11.2. The van der Waals surface area contributed by atoms with Crippen LogP contribution in [0.1, 0.15) is 20.9 Å². The standard InChI is InChI=1S/C21H19N9O3S/c1-11-3-2-4-13(25-11)15-12(9-22)19(24)27-21-16(15)17(23)18(34-21)20(31)26-14-10-30(28-33-14)29-5-7-32-8-6-29/h2-4,10H,5-8H2,1H3,(H4-,23,24,26,27,28,31)/p+1. The number of morpholine rings is 1. The number of thiophene rings is 1. The summed E-state index contributed by atoms with van der Waals surface area (Å²) in [4.78, 5) is 24.1. The zero-order valence-corrected chi connectivity index (χ0v) is 18.9. The van der Waals surface area contributed by atoms with Crippen molar-refractivity contribution in [3.8, 4) is 17.3 Å². The van der Waals surface area contributed by atoms with Crippen LogP contribution < -0.4 is 26.6 Å². The summed E-state index contributed by atoms with van der Waals surface area (Å²) >= 11 is 1.07. The van der Waals surface area contributed by atoms with E-state index in [1.165, 1.54) is 4.79 Å². The molecule has 0 radical (unpaired) electrons. The summed E-state index contributed by atoms with van der Waals surface area (Å²) < 4.78 is 10.6. The molecule has 4 aromatic rings. The average Bonchev–Trinajstić information content (AvgIpc) is 3.43. The van der Waals surface area contributed by atoms with Gasteiger partial charge in [-0.05, 0) is 19.1 Å². The van der Waals surface area contributed by atoms with E-state index in [1.807, 2.05) is 24.1 Å². The summed E-state index contributed by atoms with van der Waals surface area (Å²) in [5, 5.41) is 18.8. The molecule has 0 aliphatic carbocycles. The van der Waals surface area contributed by atoms with Crippen molar-refractivity contribution in [2.75, 3.05) is 48.1 Å². The Morgan fingerprint density at radius 3 is 2.82 bits per heavy atom. The number of hydrogen-bond donors (Lipinski definition) is 3. The SMILES string of the molecule is Cc1cccc(-c2c(C#N)c(N)nc3sc(C(=O)Nc4c[n+](N5CCOCC5)no4)c(N)c23)n1. The number of pyridine rings is 2. The first kappa shape index (κ1) is 21.6. The lowest BCUT2D eigenvalue weighted by atomic mass is 10.0. The number of nitrogens with two attached hydrogens (primary N) is 2. The van der Waals surface area contributed by atoms with Crippen molar-refractivity contribution in [3.05, 3.63) is 40.5 Å². The number of rotatable bonds is 4. The van der Waals surface area contributed by atoms with Crippen molar-refractivity contribution >= 4 is 44.9 Å². The highest BCUT2D eigenvalue weighted by atomic mass is 32.1. The molecule has 0 saturated carbocycles. The monoisotopic (exact) mass is 478 g/mol. The maximum absolute atomic E-state index is 13.1. The highest BCUT2D eigenvalue weighted by Crippen LogP contribution is 2.42. The van der Waals surface area contributed by atoms with Gasteiger partial charge in [0, 0.05) is 16.6 Å². The van der Waals surface area contributed by atoms with Gasteiger partial charge < -0.3 is 16.2 Å². The number of carbonyl (C=O) groups is 1. The fourth-order valence-electron chi connectivity index (χ4n) is 3.74. The molecule has 1 aliphatic rings. The van der Waals surface area contributed by atoms with Gasteiger partial charge >= 0.3 is 5.88 Å². The van der Waals surface area contributed by atoms with Crippen LogP contribution in [0, 0.1) is 18.3 Å². The number of anilines is 3. The van der Waals surface area contributed by atoms with Crippen molar-refractivity contribution in [2.24, 2.45) is 0 Å². The van der Waals surface area contributed by atoms with Gasteiger partial charge in [-0.25, -0.2) is 4.98 Å². The number of nitrogens with zero attached hydrogens (tertiary/aromatic N) is 6. The summed E-state index contributed by atoms with van der Waals surface area (Å²) in [7, 11) is 0. The van der Waals surface area contributed by atoms with Crippen molar-refractivity contribution in [2.45, 2.75) is 6.92 Å². The maximum Gasteiger partial charge on any atom is 0.306 e. The number of nitrogens with one attached hydrogen (secondary N) is 1. The molecule has 1 amide bonds. The molecule has 5 N–H and O–H groups in total. The van der Waals surface area contributed by atoms with E-state index in [2.05, 4.69) is 26.6 Å². The molecular formula is C21H20N9O3S+. The molecule has 172 valence electrons. The van der Waals surface area contributed by atoms with Crippen molar-refractivity contribution in [1.82, 2.24) is 15.2 Å². The van der Waals surface area contributed by atoms with Gasteiger partial charge in [0.1, 0.15) is 27.2 Å². The van der Waals surface area contributed by atoms with E-state index in [4.69, 9.17) is 20.7 Å². The van der Waals surface area contributed by atoms with Gasteiger partial charge in [0.15, 0.2) is 0 Å². The van der Waals surface area contributed by atoms with Crippen LogP contribution >= 0.6 is 11.3 Å². The topological polar surface area (TPSA) is 173 Å². The molecule has 5 heterocycles. The van der Waals surface area contributed by atoms with Crippen LogP contribution in [0.15, 0.2) is 28.9 Å². The van der Waals surface area contributed by atoms with Gasteiger partial charge in [-0.15, -0.1) is 16.3 Å². The zero-order chi connectivity index (χ0) is 23.8. The second-order valence-electron chi connectivity index (χ2n) is 7.55. The van der Waals surface area contributed by atoms with Crippen LogP contribution in [0.5, 0.6) is 0 Å². The van der Waals surface area contributed by atoms with Crippen LogP contribution in [0.25, 0.3) is 21.5 Å². The Morgan fingerprint density at radius 2 is 2.09 bits per heavy atom. The third-order valence-electron chi connectivity index (χ3n) is 5.34. The van der Waals surface area contributed by atoms with E-state index in [0.717, 1.165) is 17.0 Å². The average molecular weight is 479 g/mol. The molecule has 0 unspecified atom stereocenters. The number of carbonyl (C=O) groups excluding carboxylic acids is 1. The van der Waals surface area contributed by atoms with E-state index in [0.29, 0.717) is 47.8 Å². The van der Waals surface area contributed by atoms with Crippen molar-refractivity contribution in [3.63, 3.8) is 0 Å². The summed E-state index contributed by atoms with van der Waals surface area (Å²) in [5.41, 5.74) is 14.6. The molecule has 34 heavy (non-hydrogen) atoms. The Kier molecular flexibility index (Phi) is 5.44. The summed E-state index contributed by atoms with van der Waals surface area (Å²) in [6.07, 6.45) is 1.57. The Labute approximate surface area is 197 Å². The van der Waals surface area contributed by atoms with Gasteiger partial charge in [0.05, 0.1) is 42.5 Å². The molecule has 1 aliphatic heterocycles. The Balaban J connectivity index is 1.53. The van der Waals surface area contributed by atoms with E-state index < -0.39 is 5.91 Å². The van der Waals surface area contributed by atoms with Crippen molar-refractivity contribution < 1.29 is 18.8 Å². The first-order valence-electron chi connectivity index (χ1n) is 10.3. The number of fused-ring (bicyclic) bond motifs is 1. The molecule has 1 fully saturated rings. The highest BCUT2D eigenvalue weighted by molar-refractivity contribution is 7.21. The van der Waals surface area contributed by atoms with E-state index in [-0.39, 0.29) is 27.8 Å². The molecule has 4 aromatic heterocycles. The fourth-order valence-corrected chi connectivity index (χ4v) is 4.75. The Hall–Kier alpha value is -4.28. The summed E-state index contributed by atoms with van der Waals surface area (Å²) in [5.74, 6) is -0.298.